The van der Waals surface area contributed by atoms with Crippen LogP contribution >= 0.6 is 0 Å². The summed E-state index contributed by atoms with van der Waals surface area (Å²) in [5.41, 5.74) is 15.9. The normalized spacial score (nSPS) is 10.5. The van der Waals surface area contributed by atoms with Crippen LogP contribution in [0.3, 0.4) is 0 Å². The molecule has 1 aromatic heterocycles. The van der Waals surface area contributed by atoms with Crippen LogP contribution in [-0.4, -0.2) is 40.5 Å². The van der Waals surface area contributed by atoms with E-state index in [-0.39, 0.29) is 31.0 Å². The lowest BCUT2D eigenvalue weighted by Gasteiger charge is -2.17. The Morgan fingerprint density at radius 3 is 2.77 bits per heavy atom. The molecule has 0 bridgehead atoms. The molecular formula is C21H29N7O3. The smallest absolute Gasteiger partial charge is 0.303 e. The number of hydrogen-bond acceptors (Lipinski definition) is 8. The Bertz CT molecular complexity index is 947. The molecule has 0 fully saturated rings. The Balaban J connectivity index is 2.48. The van der Waals surface area contributed by atoms with Gasteiger partial charge < -0.3 is 20.9 Å². The minimum Gasteiger partial charge on any atom is -0.496 e. The number of aromatic nitrogens is 2. The number of nitrogens with two attached hydrogens (primary N) is 1. The Morgan fingerprint density at radius 2 is 2.13 bits per heavy atom. The number of rotatable bonds is 12. The van der Waals surface area contributed by atoms with Crippen LogP contribution < -0.4 is 15.8 Å². The number of carboxylic acids is 1. The van der Waals surface area contributed by atoms with Crippen molar-refractivity contribution in [3.05, 3.63) is 40.6 Å². The van der Waals surface area contributed by atoms with Gasteiger partial charge in [-0.25, -0.2) is 10.5 Å². The Morgan fingerprint density at radius 1 is 1.35 bits per heavy atom. The lowest BCUT2D eigenvalue weighted by Crippen LogP contribution is -2.14. The van der Waals surface area contributed by atoms with Gasteiger partial charge in [-0.15, -0.1) is 5.11 Å². The lowest BCUT2D eigenvalue weighted by molar-refractivity contribution is -0.136. The Hall–Kier alpha value is -3.56. The molecule has 2 aromatic rings. The molecule has 31 heavy (non-hydrogen) atoms. The average Bonchev–Trinajstić information content (AvgIpc) is 2.74. The molecule has 0 atom stereocenters. The van der Waals surface area contributed by atoms with Gasteiger partial charge in [0.1, 0.15) is 17.4 Å². The molecule has 1 aromatic carbocycles. The molecule has 0 amide bonds. The van der Waals surface area contributed by atoms with Crippen molar-refractivity contribution < 1.29 is 14.6 Å². The molecule has 2 rings (SSSR count). The highest BCUT2D eigenvalue weighted by molar-refractivity contribution is 5.81. The second-order valence-electron chi connectivity index (χ2n) is 7.09. The van der Waals surface area contributed by atoms with Crippen molar-refractivity contribution in [2.75, 3.05) is 24.7 Å². The van der Waals surface area contributed by atoms with E-state index in [1.165, 1.54) is 0 Å². The number of aryl methyl sites for hydroxylation is 1. The third kappa shape index (κ3) is 7.02. The number of ether oxygens (including phenoxy) is 1. The Kier molecular flexibility index (Phi) is 8.86. The number of methoxy groups -OCH3 is 1. The molecule has 0 unspecified atom stereocenters. The standard InChI is InChI=1S/C21H29N7O3/c1-3-4-9-25-20-15(16(6-8-19(29)30)26-21(23)27-20)12-14-10-13(11-18(22)28-24)5-7-17(14)31-2/h5,7,10,22,24H,3-4,6,8-9,11-12H2,1-2H3,(H,29,30)(H3,23,25,26,27). The molecule has 166 valence electrons. The largest absolute Gasteiger partial charge is 0.496 e. The molecule has 0 spiro atoms. The van der Waals surface area contributed by atoms with E-state index in [1.54, 1.807) is 13.2 Å². The van der Waals surface area contributed by atoms with Gasteiger partial charge in [0.25, 0.3) is 0 Å². The first kappa shape index (κ1) is 23.7. The van der Waals surface area contributed by atoms with Gasteiger partial charge in [0.2, 0.25) is 5.95 Å². The van der Waals surface area contributed by atoms with Crippen molar-refractivity contribution in [3.63, 3.8) is 0 Å². The number of unbranched alkanes of at least 4 members (excludes halogenated alkanes) is 1. The summed E-state index contributed by atoms with van der Waals surface area (Å²) in [6.45, 7) is 2.80. The number of anilines is 2. The van der Waals surface area contributed by atoms with Gasteiger partial charge in [-0.2, -0.15) is 4.98 Å². The summed E-state index contributed by atoms with van der Waals surface area (Å²) in [6.07, 6.45) is 2.74. The summed E-state index contributed by atoms with van der Waals surface area (Å²) >= 11 is 0. The van der Waals surface area contributed by atoms with E-state index in [0.29, 0.717) is 30.2 Å². The zero-order chi connectivity index (χ0) is 22.8. The summed E-state index contributed by atoms with van der Waals surface area (Å²) in [5.74, 6) is 0.368. The summed E-state index contributed by atoms with van der Waals surface area (Å²) in [6, 6.07) is 5.53. The predicted octanol–water partition coefficient (Wildman–Crippen LogP) is 3.44. The van der Waals surface area contributed by atoms with E-state index < -0.39 is 5.97 Å². The van der Waals surface area contributed by atoms with Gasteiger partial charge in [0.15, 0.2) is 0 Å². The fourth-order valence-electron chi connectivity index (χ4n) is 3.20. The van der Waals surface area contributed by atoms with Crippen LogP contribution in [0.15, 0.2) is 23.3 Å². The number of amidine groups is 1. The van der Waals surface area contributed by atoms with E-state index in [1.807, 2.05) is 12.1 Å². The summed E-state index contributed by atoms with van der Waals surface area (Å²) in [7, 11) is 1.57. The third-order valence-electron chi connectivity index (χ3n) is 4.73. The van der Waals surface area contributed by atoms with E-state index in [2.05, 4.69) is 27.3 Å². The highest BCUT2D eigenvalue weighted by Crippen LogP contribution is 2.28. The third-order valence-corrected chi connectivity index (χ3v) is 4.73. The van der Waals surface area contributed by atoms with Crippen LogP contribution in [0.1, 0.15) is 48.6 Å². The summed E-state index contributed by atoms with van der Waals surface area (Å²) in [4.78, 5) is 19.8. The second-order valence-corrected chi connectivity index (χ2v) is 7.09. The van der Waals surface area contributed by atoms with Crippen molar-refractivity contribution >= 4 is 23.6 Å². The highest BCUT2D eigenvalue weighted by atomic mass is 16.5. The van der Waals surface area contributed by atoms with Crippen LogP contribution in [0.4, 0.5) is 11.8 Å². The summed E-state index contributed by atoms with van der Waals surface area (Å²) in [5, 5.41) is 23.3. The molecule has 0 aliphatic heterocycles. The Labute approximate surface area is 181 Å². The maximum Gasteiger partial charge on any atom is 0.303 e. The van der Waals surface area contributed by atoms with Crippen molar-refractivity contribution in [2.45, 2.75) is 45.4 Å². The fraction of sp³-hybridized carbons (Fsp3) is 0.429. The van der Waals surface area contributed by atoms with Gasteiger partial charge in [-0.1, -0.05) is 25.5 Å². The van der Waals surface area contributed by atoms with Crippen LogP contribution in [0, 0.1) is 10.9 Å². The quantitative estimate of drug-likeness (QED) is 0.149. The number of carboxylic acid groups (broad SMARTS) is 1. The summed E-state index contributed by atoms with van der Waals surface area (Å²) < 4.78 is 5.51. The van der Waals surface area contributed by atoms with Crippen molar-refractivity contribution in [2.24, 2.45) is 5.11 Å². The fourth-order valence-corrected chi connectivity index (χ4v) is 3.20. The molecule has 0 radical (unpaired) electrons. The number of nitrogens with one attached hydrogen (secondary N) is 3. The minimum absolute atomic E-state index is 0.0454. The van der Waals surface area contributed by atoms with E-state index in [0.717, 1.165) is 29.5 Å². The first-order chi connectivity index (χ1) is 14.9. The molecule has 10 heteroatoms. The predicted molar refractivity (Wildman–Crippen MR) is 118 cm³/mol. The van der Waals surface area contributed by atoms with Gasteiger partial charge in [0.05, 0.1) is 19.2 Å². The molecule has 0 saturated heterocycles. The minimum atomic E-state index is -0.916. The molecule has 6 N–H and O–H groups in total. The van der Waals surface area contributed by atoms with Gasteiger partial charge in [-0.3, -0.25) is 10.2 Å². The molecular weight excluding hydrogens is 398 g/mol. The maximum atomic E-state index is 11.1. The first-order valence-electron chi connectivity index (χ1n) is 10.1. The number of benzene rings is 1. The highest BCUT2D eigenvalue weighted by Gasteiger charge is 2.18. The second kappa shape index (κ2) is 11.6. The van der Waals surface area contributed by atoms with Crippen LogP contribution in [0.5, 0.6) is 5.75 Å². The number of aliphatic carboxylic acids is 1. The molecule has 1 heterocycles. The van der Waals surface area contributed by atoms with Gasteiger partial charge >= 0.3 is 5.97 Å². The van der Waals surface area contributed by atoms with Crippen LogP contribution in [-0.2, 0) is 24.1 Å². The molecule has 10 nitrogen and oxygen atoms in total. The van der Waals surface area contributed by atoms with Crippen molar-refractivity contribution in [1.82, 2.24) is 9.97 Å². The van der Waals surface area contributed by atoms with Crippen LogP contribution in [0.25, 0.3) is 0 Å². The monoisotopic (exact) mass is 427 g/mol. The number of nitrogens with zero attached hydrogens (tertiary/aromatic N) is 3. The van der Waals surface area contributed by atoms with Crippen LogP contribution in [0.2, 0.25) is 0 Å². The zero-order valence-corrected chi connectivity index (χ0v) is 17.9. The van der Waals surface area contributed by atoms with E-state index >= 15 is 0 Å². The topological polar surface area (TPSA) is 170 Å². The first-order valence-corrected chi connectivity index (χ1v) is 10.1. The lowest BCUT2D eigenvalue weighted by atomic mass is 9.98. The number of hydrogen-bond donors (Lipinski definition) is 5. The van der Waals surface area contributed by atoms with E-state index in [9.17, 15) is 4.79 Å². The van der Waals surface area contributed by atoms with Gasteiger partial charge in [-0.05, 0) is 23.6 Å². The molecule has 0 aliphatic carbocycles. The number of nitrogen functional groups attached to an aromatic ring is 1. The van der Waals surface area contributed by atoms with E-state index in [4.69, 9.17) is 26.5 Å². The number of carbonyl (C=O) groups is 1. The SMILES string of the molecule is CCCCNc1nc(N)nc(CCC(=O)O)c1Cc1cc(CC(=N)N=N)ccc1OC. The average molecular weight is 428 g/mol. The maximum absolute atomic E-state index is 11.1. The zero-order valence-electron chi connectivity index (χ0n) is 17.9. The van der Waals surface area contributed by atoms with Gasteiger partial charge in [0, 0.05) is 31.4 Å². The van der Waals surface area contributed by atoms with Crippen molar-refractivity contribution in [1.29, 1.82) is 10.9 Å². The van der Waals surface area contributed by atoms with Crippen molar-refractivity contribution in [3.8, 4) is 5.75 Å². The molecule has 0 aliphatic rings. The molecule has 0 saturated carbocycles.